The Kier molecular flexibility index (Phi) is 6.51. The first-order valence-corrected chi connectivity index (χ1v) is 21.4. The Bertz CT molecular complexity index is 2690. The Labute approximate surface area is 343 Å². The fourth-order valence-electron chi connectivity index (χ4n) is 10.2. The monoisotopic (exact) mass is 752 g/mol. The van der Waals surface area contributed by atoms with E-state index in [1.54, 1.807) is 11.3 Å². The normalized spacial score (nSPS) is 21.5. The summed E-state index contributed by atoms with van der Waals surface area (Å²) in [5.41, 5.74) is 11.1. The van der Waals surface area contributed by atoms with Crippen LogP contribution >= 0.6 is 11.3 Å². The number of benzene rings is 4. The maximum absolute atomic E-state index is 10.0. The summed E-state index contributed by atoms with van der Waals surface area (Å²) in [7, 11) is 0. The number of ether oxygens (including phenoxy) is 1. The zero-order chi connectivity index (χ0) is 43.8. The molecule has 1 aromatic heterocycles. The van der Waals surface area contributed by atoms with Crippen molar-refractivity contribution in [2.45, 2.75) is 162 Å². The standard InChI is InChI=1S/C51H62BNOS/c1-29-22-39-43-40(23-29)54-44-42-36(47(5,6)7)24-30(46(2,3)4)25-41(42)55-45(44)52(43)37-27-34-35(51(14,15)21-20-50(34,12)13)28-38(37)53(39)31-16-17-32-33(26-31)49(10,11)19-18-48(32,8)9/h16-17,22-28H,18-21H2,1-15H3/i1D3,22D,23D. The van der Waals surface area contributed by atoms with Gasteiger partial charge in [-0.15, -0.1) is 11.3 Å². The van der Waals surface area contributed by atoms with E-state index in [0.717, 1.165) is 68.6 Å². The topological polar surface area (TPSA) is 12.5 Å². The van der Waals surface area contributed by atoms with Gasteiger partial charge in [-0.05, 0) is 151 Å². The van der Waals surface area contributed by atoms with Crippen molar-refractivity contribution >= 4 is 60.9 Å². The molecule has 0 saturated carbocycles. The van der Waals surface area contributed by atoms with Gasteiger partial charge in [-0.25, -0.2) is 0 Å². The minimum absolute atomic E-state index is 0.00812. The number of nitrogens with zero attached hydrogens (tertiary/aromatic N) is 1. The molecule has 2 aliphatic heterocycles. The van der Waals surface area contributed by atoms with Gasteiger partial charge >= 0.3 is 0 Å². The van der Waals surface area contributed by atoms with E-state index in [1.807, 2.05) is 0 Å². The fraction of sp³-hybridized carbons (Fsp3) is 0.490. The van der Waals surface area contributed by atoms with Crippen LogP contribution < -0.4 is 25.3 Å². The van der Waals surface area contributed by atoms with E-state index >= 15 is 0 Å². The van der Waals surface area contributed by atoms with Gasteiger partial charge in [0.15, 0.2) is 0 Å². The second-order valence-electron chi connectivity index (χ2n) is 22.0. The first kappa shape index (κ1) is 31.6. The molecule has 0 unspecified atom stereocenters. The summed E-state index contributed by atoms with van der Waals surface area (Å²) < 4.78 is 55.6. The van der Waals surface area contributed by atoms with Crippen LogP contribution in [0.1, 0.15) is 168 Å². The van der Waals surface area contributed by atoms with Crippen molar-refractivity contribution in [1.82, 2.24) is 0 Å². The van der Waals surface area contributed by atoms with Gasteiger partial charge in [0.05, 0.1) is 2.74 Å². The second kappa shape index (κ2) is 11.3. The molecule has 0 fully saturated rings. The first-order chi connectivity index (χ1) is 27.5. The lowest BCUT2D eigenvalue weighted by Gasteiger charge is -2.46. The Hall–Kier alpha value is -3.50. The largest absolute Gasteiger partial charge is 0.457 e. The molecule has 4 aromatic carbocycles. The summed E-state index contributed by atoms with van der Waals surface area (Å²) in [4.78, 5) is 2.19. The van der Waals surface area contributed by atoms with E-state index in [0.29, 0.717) is 5.69 Å². The summed E-state index contributed by atoms with van der Waals surface area (Å²) in [5.74, 6) is 0.984. The highest BCUT2D eigenvalue weighted by Gasteiger charge is 2.48. The quantitative estimate of drug-likeness (QED) is 0.155. The zero-order valence-corrected chi connectivity index (χ0v) is 36.5. The van der Waals surface area contributed by atoms with Crippen LogP contribution in [0, 0.1) is 6.85 Å². The van der Waals surface area contributed by atoms with Gasteiger partial charge in [-0.2, -0.15) is 0 Å². The Morgan fingerprint density at radius 2 is 1.31 bits per heavy atom. The molecule has 0 amide bonds. The number of thiophene rings is 1. The second-order valence-corrected chi connectivity index (χ2v) is 23.1. The third kappa shape index (κ3) is 5.46. The highest BCUT2D eigenvalue weighted by atomic mass is 32.1. The smallest absolute Gasteiger partial charge is 0.268 e. The SMILES string of the molecule is [2H]c1c2c3c(c([2H])c1C([2H])([2H])[2H])N(c1ccc4c(c1)C(C)(C)CCC4(C)C)c1cc4c(cc1B3c1sc3cc(C(C)(C)C)cc(C(C)(C)C)c3c1O2)C(C)(C)CCC4(C)C. The molecule has 5 aromatic rings. The third-order valence-electron chi connectivity index (χ3n) is 14.1. The van der Waals surface area contributed by atoms with Crippen LogP contribution in [-0.2, 0) is 32.5 Å². The number of hydrogen-bond donors (Lipinski definition) is 0. The first-order valence-electron chi connectivity index (χ1n) is 23.1. The molecule has 0 spiro atoms. The zero-order valence-electron chi connectivity index (χ0n) is 40.7. The number of anilines is 3. The van der Waals surface area contributed by atoms with Crippen LogP contribution in [0.5, 0.6) is 11.5 Å². The highest BCUT2D eigenvalue weighted by molar-refractivity contribution is 7.33. The van der Waals surface area contributed by atoms with Crippen LogP contribution in [0.25, 0.3) is 10.1 Å². The number of hydrogen-bond acceptors (Lipinski definition) is 3. The fourth-order valence-corrected chi connectivity index (χ4v) is 11.6. The third-order valence-corrected chi connectivity index (χ3v) is 15.2. The van der Waals surface area contributed by atoms with Crippen molar-refractivity contribution < 1.29 is 11.6 Å². The molecule has 3 heterocycles. The van der Waals surface area contributed by atoms with E-state index < -0.39 is 6.85 Å². The summed E-state index contributed by atoms with van der Waals surface area (Å²) in [6, 6.07) is 16.0. The van der Waals surface area contributed by atoms with Crippen LogP contribution in [0.4, 0.5) is 17.1 Å². The Morgan fingerprint density at radius 3 is 1.91 bits per heavy atom. The van der Waals surface area contributed by atoms with E-state index in [2.05, 4.69) is 144 Å². The van der Waals surface area contributed by atoms with Gasteiger partial charge in [-0.3, -0.25) is 0 Å². The number of rotatable bonds is 1. The molecule has 4 aliphatic rings. The predicted molar refractivity (Wildman–Crippen MR) is 240 cm³/mol. The molecular weight excluding hydrogens is 685 g/mol. The molecular formula is C51H62BNOS. The summed E-state index contributed by atoms with van der Waals surface area (Å²) in [5, 5.41) is 1.04. The predicted octanol–water partition coefficient (Wildman–Crippen LogP) is 12.9. The average molecular weight is 753 g/mol. The van der Waals surface area contributed by atoms with Gasteiger partial charge in [-0.1, -0.05) is 115 Å². The molecule has 2 nitrogen and oxygen atoms in total. The van der Waals surface area contributed by atoms with Crippen molar-refractivity contribution in [3.05, 3.63) is 93.5 Å². The summed E-state index contributed by atoms with van der Waals surface area (Å²) in [6.45, 7) is 29.2. The number of fused-ring (bicyclic) bond motifs is 8. The lowest BCUT2D eigenvalue weighted by atomic mass is 9.36. The van der Waals surface area contributed by atoms with Gasteiger partial charge in [0.25, 0.3) is 6.71 Å². The molecule has 0 N–H and O–H groups in total. The molecule has 4 heteroatoms. The summed E-state index contributed by atoms with van der Waals surface area (Å²) >= 11 is 1.76. The minimum atomic E-state index is -2.72. The van der Waals surface area contributed by atoms with Crippen molar-refractivity contribution in [1.29, 1.82) is 0 Å². The van der Waals surface area contributed by atoms with E-state index in [-0.39, 0.29) is 62.6 Å². The molecule has 55 heavy (non-hydrogen) atoms. The van der Waals surface area contributed by atoms with Gasteiger partial charge < -0.3 is 9.64 Å². The van der Waals surface area contributed by atoms with Gasteiger partial charge in [0.1, 0.15) is 11.5 Å². The van der Waals surface area contributed by atoms with Crippen LogP contribution in [0.2, 0.25) is 0 Å². The molecule has 286 valence electrons. The summed E-state index contributed by atoms with van der Waals surface area (Å²) in [6.07, 6.45) is 4.26. The van der Waals surface area contributed by atoms with Crippen molar-refractivity contribution in [3.63, 3.8) is 0 Å². The maximum atomic E-state index is 10.0. The van der Waals surface area contributed by atoms with Crippen molar-refractivity contribution in [2.75, 3.05) is 4.90 Å². The van der Waals surface area contributed by atoms with Gasteiger partial charge in [0.2, 0.25) is 0 Å². The molecule has 0 bridgehead atoms. The Morgan fingerprint density at radius 1 is 0.709 bits per heavy atom. The maximum Gasteiger partial charge on any atom is 0.268 e. The molecule has 0 saturated heterocycles. The van der Waals surface area contributed by atoms with Crippen LogP contribution in [0.15, 0.2) is 54.5 Å². The Balaban J connectivity index is 1.46. The van der Waals surface area contributed by atoms with Crippen molar-refractivity contribution in [3.8, 4) is 11.5 Å². The van der Waals surface area contributed by atoms with E-state index in [1.165, 1.54) is 33.4 Å². The molecule has 9 rings (SSSR count). The lowest BCUT2D eigenvalue weighted by Crippen LogP contribution is -2.59. The van der Waals surface area contributed by atoms with E-state index in [9.17, 15) is 2.74 Å². The van der Waals surface area contributed by atoms with Crippen LogP contribution in [-0.4, -0.2) is 6.71 Å². The van der Waals surface area contributed by atoms with Crippen molar-refractivity contribution in [2.24, 2.45) is 0 Å². The highest BCUT2D eigenvalue weighted by Crippen LogP contribution is 2.53. The molecule has 2 aliphatic carbocycles. The molecule has 0 radical (unpaired) electrons. The van der Waals surface area contributed by atoms with Crippen LogP contribution in [0.3, 0.4) is 0 Å². The molecule has 0 atom stereocenters. The lowest BCUT2D eigenvalue weighted by molar-refractivity contribution is 0.332. The minimum Gasteiger partial charge on any atom is -0.457 e. The van der Waals surface area contributed by atoms with Gasteiger partial charge in [0, 0.05) is 36.0 Å². The van der Waals surface area contributed by atoms with E-state index in [4.69, 9.17) is 8.85 Å². The average Bonchev–Trinajstić information content (AvgIpc) is 3.50.